The SMILES string of the molecule is Cc1cccc2[nH]c(=S)n(-c3cccc(F)c3F)c12. The standard InChI is InChI=1S/C14H10F2N2S/c1-8-4-2-6-10-13(8)18(14(19)17-10)11-7-3-5-9(15)12(11)16/h2-7H,1H3,(H,17,19). The maximum Gasteiger partial charge on any atom is 0.182 e. The summed E-state index contributed by atoms with van der Waals surface area (Å²) in [5.41, 5.74) is 2.62. The van der Waals surface area contributed by atoms with Crippen LogP contribution in [0.25, 0.3) is 16.7 Å². The predicted octanol–water partition coefficient (Wildman–Crippen LogP) is 4.27. The van der Waals surface area contributed by atoms with Crippen molar-refractivity contribution in [1.29, 1.82) is 0 Å². The van der Waals surface area contributed by atoms with Crippen LogP contribution in [0.3, 0.4) is 0 Å². The minimum absolute atomic E-state index is 0.116. The number of para-hydroxylation sites is 1. The Bertz CT molecular complexity index is 833. The maximum atomic E-state index is 13.9. The summed E-state index contributed by atoms with van der Waals surface area (Å²) >= 11 is 5.22. The lowest BCUT2D eigenvalue weighted by atomic mass is 10.2. The zero-order valence-corrected chi connectivity index (χ0v) is 10.9. The van der Waals surface area contributed by atoms with E-state index in [0.717, 1.165) is 22.7 Å². The second-order valence-electron chi connectivity index (χ2n) is 4.31. The monoisotopic (exact) mass is 276 g/mol. The molecule has 5 heteroatoms. The minimum atomic E-state index is -0.900. The number of rotatable bonds is 1. The van der Waals surface area contributed by atoms with Crippen LogP contribution >= 0.6 is 12.2 Å². The van der Waals surface area contributed by atoms with Gasteiger partial charge in [-0.1, -0.05) is 18.2 Å². The van der Waals surface area contributed by atoms with E-state index in [1.165, 1.54) is 16.7 Å². The molecule has 1 heterocycles. The lowest BCUT2D eigenvalue weighted by Crippen LogP contribution is -2.00. The van der Waals surface area contributed by atoms with Crippen LogP contribution in [0, 0.1) is 23.3 Å². The van der Waals surface area contributed by atoms with E-state index in [4.69, 9.17) is 12.2 Å². The van der Waals surface area contributed by atoms with Crippen LogP contribution in [-0.4, -0.2) is 9.55 Å². The quantitative estimate of drug-likeness (QED) is 0.658. The Labute approximate surface area is 113 Å². The molecule has 0 atom stereocenters. The number of nitrogens with zero attached hydrogens (tertiary/aromatic N) is 1. The lowest BCUT2D eigenvalue weighted by Gasteiger charge is -2.08. The van der Waals surface area contributed by atoms with E-state index in [0.29, 0.717) is 4.77 Å². The first kappa shape index (κ1) is 12.0. The van der Waals surface area contributed by atoms with Gasteiger partial charge in [-0.3, -0.25) is 4.57 Å². The number of hydrogen-bond donors (Lipinski definition) is 1. The molecule has 1 aromatic heterocycles. The van der Waals surface area contributed by atoms with Crippen molar-refractivity contribution in [2.75, 3.05) is 0 Å². The van der Waals surface area contributed by atoms with Crippen molar-refractivity contribution in [1.82, 2.24) is 9.55 Å². The van der Waals surface area contributed by atoms with E-state index in [2.05, 4.69) is 4.98 Å². The van der Waals surface area contributed by atoms with Gasteiger partial charge in [-0.2, -0.15) is 0 Å². The number of imidazole rings is 1. The summed E-state index contributed by atoms with van der Waals surface area (Å²) in [6, 6.07) is 9.70. The number of H-pyrrole nitrogens is 1. The molecule has 0 aliphatic heterocycles. The number of hydrogen-bond acceptors (Lipinski definition) is 1. The summed E-state index contributed by atoms with van der Waals surface area (Å²) in [4.78, 5) is 3.00. The van der Waals surface area contributed by atoms with E-state index in [1.54, 1.807) is 0 Å². The molecule has 96 valence electrons. The molecule has 0 fully saturated rings. The van der Waals surface area contributed by atoms with Crippen LogP contribution in [-0.2, 0) is 0 Å². The molecule has 0 bridgehead atoms. The smallest absolute Gasteiger partial charge is 0.182 e. The molecule has 0 spiro atoms. The number of nitrogens with one attached hydrogen (secondary N) is 1. The average Bonchev–Trinajstić information content (AvgIpc) is 2.71. The van der Waals surface area contributed by atoms with Gasteiger partial charge in [0.15, 0.2) is 16.4 Å². The zero-order chi connectivity index (χ0) is 13.6. The zero-order valence-electron chi connectivity index (χ0n) is 10.1. The normalized spacial score (nSPS) is 11.1. The van der Waals surface area contributed by atoms with Gasteiger partial charge in [0.2, 0.25) is 0 Å². The average molecular weight is 276 g/mol. The van der Waals surface area contributed by atoms with Crippen molar-refractivity contribution in [3.8, 4) is 5.69 Å². The molecule has 0 amide bonds. The topological polar surface area (TPSA) is 20.7 Å². The Balaban J connectivity index is 2.46. The van der Waals surface area contributed by atoms with Crippen molar-refractivity contribution in [2.45, 2.75) is 6.92 Å². The molecule has 1 N–H and O–H groups in total. The number of fused-ring (bicyclic) bond motifs is 1. The van der Waals surface area contributed by atoms with Crippen molar-refractivity contribution in [3.05, 3.63) is 58.4 Å². The van der Waals surface area contributed by atoms with Gasteiger partial charge < -0.3 is 4.98 Å². The molecular formula is C14H10F2N2S. The van der Waals surface area contributed by atoms with Crippen molar-refractivity contribution in [2.24, 2.45) is 0 Å². The summed E-state index contributed by atoms with van der Waals surface area (Å²) in [6.07, 6.45) is 0. The van der Waals surface area contributed by atoms with Crippen molar-refractivity contribution in [3.63, 3.8) is 0 Å². The highest BCUT2D eigenvalue weighted by molar-refractivity contribution is 7.71. The van der Waals surface area contributed by atoms with Crippen LogP contribution in [0.15, 0.2) is 36.4 Å². The van der Waals surface area contributed by atoms with Crippen molar-refractivity contribution >= 4 is 23.3 Å². The molecule has 2 nitrogen and oxygen atoms in total. The van der Waals surface area contributed by atoms with Crippen molar-refractivity contribution < 1.29 is 8.78 Å². The summed E-state index contributed by atoms with van der Waals surface area (Å²) in [7, 11) is 0. The molecule has 0 aliphatic rings. The van der Waals surface area contributed by atoms with Gasteiger partial charge in [-0.25, -0.2) is 8.78 Å². The van der Waals surface area contributed by atoms with Gasteiger partial charge >= 0.3 is 0 Å². The lowest BCUT2D eigenvalue weighted by molar-refractivity contribution is 0.504. The molecule has 0 radical (unpaired) electrons. The number of benzene rings is 2. The molecule has 0 saturated carbocycles. The second-order valence-corrected chi connectivity index (χ2v) is 4.70. The molecule has 0 aliphatic carbocycles. The summed E-state index contributed by atoms with van der Waals surface area (Å²) in [6.45, 7) is 1.90. The first-order valence-electron chi connectivity index (χ1n) is 5.74. The Hall–Kier alpha value is -2.01. The fraction of sp³-hybridized carbons (Fsp3) is 0.0714. The second kappa shape index (κ2) is 4.28. The van der Waals surface area contributed by atoms with Crippen LogP contribution in [0.5, 0.6) is 0 Å². The fourth-order valence-corrected chi connectivity index (χ4v) is 2.52. The fourth-order valence-electron chi connectivity index (χ4n) is 2.22. The molecule has 19 heavy (non-hydrogen) atoms. The maximum absolute atomic E-state index is 13.9. The molecular weight excluding hydrogens is 266 g/mol. The molecule has 0 saturated heterocycles. The van der Waals surface area contributed by atoms with Crippen LogP contribution < -0.4 is 0 Å². The Morgan fingerprint density at radius 3 is 2.63 bits per heavy atom. The Morgan fingerprint density at radius 1 is 1.11 bits per heavy atom. The molecule has 2 aromatic carbocycles. The van der Waals surface area contributed by atoms with Gasteiger partial charge in [0.25, 0.3) is 0 Å². The highest BCUT2D eigenvalue weighted by Gasteiger charge is 2.14. The minimum Gasteiger partial charge on any atom is -0.330 e. The third kappa shape index (κ3) is 1.77. The number of halogens is 2. The number of aromatic nitrogens is 2. The summed E-state index contributed by atoms with van der Waals surface area (Å²) < 4.78 is 29.2. The van der Waals surface area contributed by atoms with Gasteiger partial charge in [0.1, 0.15) is 0 Å². The van der Waals surface area contributed by atoms with E-state index in [9.17, 15) is 8.78 Å². The van der Waals surface area contributed by atoms with Crippen LogP contribution in [0.2, 0.25) is 0 Å². The number of aryl methyl sites for hydroxylation is 1. The molecule has 0 unspecified atom stereocenters. The Kier molecular flexibility index (Phi) is 2.71. The van der Waals surface area contributed by atoms with Gasteiger partial charge in [-0.15, -0.1) is 0 Å². The van der Waals surface area contributed by atoms with E-state index < -0.39 is 11.6 Å². The van der Waals surface area contributed by atoms with E-state index in [-0.39, 0.29) is 5.69 Å². The summed E-state index contributed by atoms with van der Waals surface area (Å²) in [5, 5.41) is 0. The third-order valence-corrected chi connectivity index (χ3v) is 3.36. The third-order valence-electron chi connectivity index (χ3n) is 3.08. The molecule has 3 aromatic rings. The number of aromatic amines is 1. The first-order valence-corrected chi connectivity index (χ1v) is 6.15. The van der Waals surface area contributed by atoms with E-state index >= 15 is 0 Å². The van der Waals surface area contributed by atoms with Crippen LogP contribution in [0.1, 0.15) is 5.56 Å². The largest absolute Gasteiger partial charge is 0.330 e. The first-order chi connectivity index (χ1) is 9.09. The van der Waals surface area contributed by atoms with E-state index in [1.807, 2.05) is 25.1 Å². The highest BCUT2D eigenvalue weighted by atomic mass is 32.1. The van der Waals surface area contributed by atoms with Gasteiger partial charge in [0, 0.05) is 0 Å². The summed E-state index contributed by atoms with van der Waals surface area (Å²) in [5.74, 6) is -1.79. The predicted molar refractivity (Wildman–Crippen MR) is 73.1 cm³/mol. The molecule has 3 rings (SSSR count). The Morgan fingerprint density at radius 2 is 1.84 bits per heavy atom. The van der Waals surface area contributed by atoms with Crippen LogP contribution in [0.4, 0.5) is 8.78 Å². The van der Waals surface area contributed by atoms with Gasteiger partial charge in [0.05, 0.1) is 16.7 Å². The highest BCUT2D eigenvalue weighted by Crippen LogP contribution is 2.25. The van der Waals surface area contributed by atoms with Gasteiger partial charge in [-0.05, 0) is 42.9 Å².